The number of nitrogens with one attached hydrogen (secondary N) is 2. The summed E-state index contributed by atoms with van der Waals surface area (Å²) >= 11 is 0. The topological polar surface area (TPSA) is 44.4 Å². The number of fused-ring (bicyclic) bond motifs is 1. The number of carbonyl (C=O) groups excluding carboxylic acids is 1. The summed E-state index contributed by atoms with van der Waals surface area (Å²) in [7, 11) is 0. The van der Waals surface area contributed by atoms with Crippen molar-refractivity contribution in [3.8, 4) is 0 Å². The highest BCUT2D eigenvalue weighted by Gasteiger charge is 2.41. The molecule has 2 saturated heterocycles. The average Bonchev–Trinajstić information content (AvgIpc) is 2.93. The first-order chi connectivity index (χ1) is 11.9. The van der Waals surface area contributed by atoms with E-state index in [1.54, 1.807) is 23.1 Å². The third-order valence-corrected chi connectivity index (χ3v) is 5.29. The minimum atomic E-state index is -4.44. The van der Waals surface area contributed by atoms with E-state index in [4.69, 9.17) is 0 Å². The Morgan fingerprint density at radius 3 is 2.19 bits per heavy atom. The SMILES string of the molecule is Cl.Cl.O=C(CNC(c1ccccc1)C(F)(F)F)N1CC[C@@H]2CNC[C@@H]2CC1. The third kappa shape index (κ3) is 6.24. The highest BCUT2D eigenvalue weighted by atomic mass is 35.5. The molecule has 4 nitrogen and oxygen atoms in total. The predicted octanol–water partition coefficient (Wildman–Crippen LogP) is 3.18. The first-order valence-electron chi connectivity index (χ1n) is 8.78. The van der Waals surface area contributed by atoms with Gasteiger partial charge < -0.3 is 10.2 Å². The molecular formula is C18H26Cl2F3N3O. The van der Waals surface area contributed by atoms with Gasteiger partial charge in [0.1, 0.15) is 6.04 Å². The number of rotatable bonds is 4. The quantitative estimate of drug-likeness (QED) is 0.775. The molecule has 1 unspecified atom stereocenters. The molecule has 0 bridgehead atoms. The lowest BCUT2D eigenvalue weighted by molar-refractivity contribution is -0.159. The van der Waals surface area contributed by atoms with Crippen LogP contribution in [0, 0.1) is 11.8 Å². The summed E-state index contributed by atoms with van der Waals surface area (Å²) in [6, 6.07) is 5.84. The molecule has 1 aromatic carbocycles. The number of amides is 1. The number of hydrogen-bond acceptors (Lipinski definition) is 3. The molecule has 2 N–H and O–H groups in total. The summed E-state index contributed by atoms with van der Waals surface area (Å²) in [4.78, 5) is 14.1. The highest BCUT2D eigenvalue weighted by molar-refractivity contribution is 5.85. The van der Waals surface area contributed by atoms with E-state index >= 15 is 0 Å². The number of carbonyl (C=O) groups is 1. The summed E-state index contributed by atoms with van der Waals surface area (Å²) in [6.07, 6.45) is -2.60. The lowest BCUT2D eigenvalue weighted by Gasteiger charge is -2.25. The normalized spacial score (nSPS) is 23.4. The van der Waals surface area contributed by atoms with Crippen molar-refractivity contribution in [3.05, 3.63) is 35.9 Å². The first kappa shape index (κ1) is 24.0. The van der Waals surface area contributed by atoms with Gasteiger partial charge in [-0.2, -0.15) is 13.2 Å². The smallest absolute Gasteiger partial charge is 0.342 e. The Morgan fingerprint density at radius 1 is 1.11 bits per heavy atom. The van der Waals surface area contributed by atoms with Crippen molar-refractivity contribution in [2.75, 3.05) is 32.7 Å². The van der Waals surface area contributed by atoms with Gasteiger partial charge in [-0.3, -0.25) is 10.1 Å². The molecule has 2 aliphatic rings. The van der Waals surface area contributed by atoms with Crippen LogP contribution in [0.5, 0.6) is 0 Å². The van der Waals surface area contributed by atoms with E-state index in [9.17, 15) is 18.0 Å². The minimum absolute atomic E-state index is 0. The summed E-state index contributed by atoms with van der Waals surface area (Å²) in [5.41, 5.74) is 0.124. The van der Waals surface area contributed by atoms with Crippen LogP contribution >= 0.6 is 24.8 Å². The molecule has 2 aliphatic heterocycles. The van der Waals surface area contributed by atoms with Gasteiger partial charge in [-0.15, -0.1) is 24.8 Å². The molecule has 0 saturated carbocycles. The van der Waals surface area contributed by atoms with E-state index in [-0.39, 0.29) is 42.8 Å². The van der Waals surface area contributed by atoms with Crippen molar-refractivity contribution in [1.29, 1.82) is 0 Å². The average molecular weight is 428 g/mol. The number of benzene rings is 1. The van der Waals surface area contributed by atoms with E-state index in [1.165, 1.54) is 12.1 Å². The van der Waals surface area contributed by atoms with Crippen LogP contribution in [-0.2, 0) is 4.79 Å². The number of likely N-dealkylation sites (tertiary alicyclic amines) is 1. The molecule has 0 spiro atoms. The van der Waals surface area contributed by atoms with Crippen molar-refractivity contribution in [2.45, 2.75) is 25.1 Å². The second kappa shape index (κ2) is 10.5. The van der Waals surface area contributed by atoms with Crippen LogP contribution in [0.2, 0.25) is 0 Å². The van der Waals surface area contributed by atoms with Crippen LogP contribution in [0.1, 0.15) is 24.4 Å². The molecule has 27 heavy (non-hydrogen) atoms. The van der Waals surface area contributed by atoms with Crippen molar-refractivity contribution in [2.24, 2.45) is 11.8 Å². The van der Waals surface area contributed by atoms with Crippen LogP contribution < -0.4 is 10.6 Å². The Labute approximate surface area is 170 Å². The molecule has 0 aromatic heterocycles. The van der Waals surface area contributed by atoms with Crippen molar-refractivity contribution in [1.82, 2.24) is 15.5 Å². The van der Waals surface area contributed by atoms with Gasteiger partial charge in [0.05, 0.1) is 6.54 Å². The van der Waals surface area contributed by atoms with Gasteiger partial charge in [-0.25, -0.2) is 0 Å². The molecule has 3 atom stereocenters. The van der Waals surface area contributed by atoms with E-state index < -0.39 is 12.2 Å². The molecule has 3 rings (SSSR count). The Kier molecular flexibility index (Phi) is 9.34. The Morgan fingerprint density at radius 2 is 1.67 bits per heavy atom. The van der Waals surface area contributed by atoms with Gasteiger partial charge in [0.25, 0.3) is 0 Å². The van der Waals surface area contributed by atoms with Crippen molar-refractivity contribution in [3.63, 3.8) is 0 Å². The van der Waals surface area contributed by atoms with Crippen LogP contribution in [0.4, 0.5) is 13.2 Å². The fourth-order valence-electron chi connectivity index (χ4n) is 3.84. The van der Waals surface area contributed by atoms with Crippen molar-refractivity contribution < 1.29 is 18.0 Å². The van der Waals surface area contributed by atoms with E-state index in [1.807, 2.05) is 0 Å². The molecule has 2 heterocycles. The molecule has 154 valence electrons. The van der Waals surface area contributed by atoms with E-state index in [2.05, 4.69) is 10.6 Å². The molecule has 0 radical (unpaired) electrons. The van der Waals surface area contributed by atoms with Crippen LogP contribution in [-0.4, -0.2) is 49.7 Å². The van der Waals surface area contributed by atoms with Crippen LogP contribution in [0.15, 0.2) is 30.3 Å². The first-order valence-corrected chi connectivity index (χ1v) is 8.78. The zero-order valence-electron chi connectivity index (χ0n) is 14.9. The minimum Gasteiger partial charge on any atom is -0.342 e. The standard InChI is InChI=1S/C18H24F3N3O.2ClH/c19-18(20,21)17(13-4-2-1-3-5-13)23-12-16(25)24-8-6-14-10-22-11-15(14)7-9-24;;/h1-5,14-15,17,22-23H,6-12H2;2*1H/t14-,15+,17?;;. The van der Waals surface area contributed by atoms with Gasteiger partial charge in [0.15, 0.2) is 0 Å². The number of hydrogen-bond donors (Lipinski definition) is 2. The lowest BCUT2D eigenvalue weighted by Crippen LogP contribution is -2.43. The Balaban J connectivity index is 0.00000182. The second-order valence-corrected chi connectivity index (χ2v) is 6.90. The fraction of sp³-hybridized carbons (Fsp3) is 0.611. The van der Waals surface area contributed by atoms with Crippen LogP contribution in [0.25, 0.3) is 0 Å². The zero-order valence-corrected chi connectivity index (χ0v) is 16.5. The third-order valence-electron chi connectivity index (χ3n) is 5.29. The largest absolute Gasteiger partial charge is 0.407 e. The number of nitrogens with zero attached hydrogens (tertiary/aromatic N) is 1. The zero-order chi connectivity index (χ0) is 17.9. The molecule has 9 heteroatoms. The summed E-state index contributed by atoms with van der Waals surface area (Å²) in [5, 5.41) is 5.79. The maximum atomic E-state index is 13.3. The lowest BCUT2D eigenvalue weighted by atomic mass is 9.92. The molecule has 0 aliphatic carbocycles. The van der Waals surface area contributed by atoms with Gasteiger partial charge in [0.2, 0.25) is 5.91 Å². The van der Waals surface area contributed by atoms with Gasteiger partial charge in [-0.1, -0.05) is 30.3 Å². The molecule has 2 fully saturated rings. The van der Waals surface area contributed by atoms with E-state index in [0.29, 0.717) is 24.9 Å². The van der Waals surface area contributed by atoms with E-state index in [0.717, 1.165) is 25.9 Å². The fourth-order valence-corrected chi connectivity index (χ4v) is 3.84. The maximum Gasteiger partial charge on any atom is 0.407 e. The summed E-state index contributed by atoms with van der Waals surface area (Å²) < 4.78 is 40.0. The molecule has 1 aromatic rings. The highest BCUT2D eigenvalue weighted by Crippen LogP contribution is 2.32. The molecule has 1 amide bonds. The monoisotopic (exact) mass is 427 g/mol. The predicted molar refractivity (Wildman–Crippen MR) is 103 cm³/mol. The Hall–Kier alpha value is -1.02. The number of alkyl halides is 3. The summed E-state index contributed by atoms with van der Waals surface area (Å²) in [5.74, 6) is 0.911. The van der Waals surface area contributed by atoms with Crippen LogP contribution in [0.3, 0.4) is 0 Å². The van der Waals surface area contributed by atoms with Gasteiger partial charge >= 0.3 is 6.18 Å². The second-order valence-electron chi connectivity index (χ2n) is 6.90. The summed E-state index contributed by atoms with van der Waals surface area (Å²) in [6.45, 7) is 2.92. The molecular weight excluding hydrogens is 402 g/mol. The maximum absolute atomic E-state index is 13.3. The van der Waals surface area contributed by atoms with Gasteiger partial charge in [-0.05, 0) is 43.3 Å². The van der Waals surface area contributed by atoms with Crippen molar-refractivity contribution >= 4 is 30.7 Å². The Bertz CT molecular complexity index is 575. The number of halogens is 5. The van der Waals surface area contributed by atoms with Gasteiger partial charge in [0, 0.05) is 13.1 Å².